The molecule has 17 heavy (non-hydrogen) atoms. The maximum Gasteiger partial charge on any atom is 0.224 e. The number of halogens is 2. The number of hydrogen-bond acceptors (Lipinski definition) is 2. The molecule has 0 fully saturated rings. The highest BCUT2D eigenvalue weighted by Crippen LogP contribution is 2.25. The molecule has 1 atom stereocenters. The van der Waals surface area contributed by atoms with E-state index in [0.29, 0.717) is 11.4 Å². The van der Waals surface area contributed by atoms with Gasteiger partial charge in [-0.2, -0.15) is 0 Å². The molecule has 0 radical (unpaired) electrons. The Labute approximate surface area is 115 Å². The molecule has 1 aromatic rings. The lowest BCUT2D eigenvalue weighted by Gasteiger charge is -2.07. The molecule has 0 spiro atoms. The summed E-state index contributed by atoms with van der Waals surface area (Å²) in [5.41, 5.74) is 6.36. The summed E-state index contributed by atoms with van der Waals surface area (Å²) in [7, 11) is 0. The second-order valence-electron chi connectivity index (χ2n) is 4.05. The minimum atomic E-state index is -0.000118. The van der Waals surface area contributed by atoms with E-state index in [-0.39, 0.29) is 11.9 Å². The van der Waals surface area contributed by atoms with Crippen molar-refractivity contribution in [1.82, 2.24) is 0 Å². The van der Waals surface area contributed by atoms with Crippen LogP contribution in [0.1, 0.15) is 26.2 Å². The molecule has 0 aliphatic rings. The van der Waals surface area contributed by atoms with Gasteiger partial charge in [0.1, 0.15) is 0 Å². The van der Waals surface area contributed by atoms with Crippen molar-refractivity contribution in [3.8, 4) is 0 Å². The summed E-state index contributed by atoms with van der Waals surface area (Å²) >= 11 is 9.17. The number of carbonyl (C=O) groups is 1. The molecule has 1 amide bonds. The maximum absolute atomic E-state index is 11.6. The third-order valence-corrected chi connectivity index (χ3v) is 3.48. The first-order valence-electron chi connectivity index (χ1n) is 5.49. The summed E-state index contributed by atoms with van der Waals surface area (Å²) in [5.74, 6) is -0.000118. The maximum atomic E-state index is 11.6. The van der Waals surface area contributed by atoms with E-state index in [2.05, 4.69) is 21.2 Å². The molecular formula is C12H16BrClN2O. The summed E-state index contributed by atoms with van der Waals surface area (Å²) in [6.45, 7) is 1.94. The van der Waals surface area contributed by atoms with Crippen LogP contribution in [0.4, 0.5) is 5.69 Å². The summed E-state index contributed by atoms with van der Waals surface area (Å²) < 4.78 is 0.771. The molecule has 0 aromatic heterocycles. The molecule has 1 rings (SSSR count). The van der Waals surface area contributed by atoms with Gasteiger partial charge in [-0.15, -0.1) is 0 Å². The Morgan fingerprint density at radius 3 is 2.88 bits per heavy atom. The van der Waals surface area contributed by atoms with Crippen LogP contribution in [0.2, 0.25) is 5.02 Å². The highest BCUT2D eigenvalue weighted by atomic mass is 79.9. The fourth-order valence-electron chi connectivity index (χ4n) is 1.38. The van der Waals surface area contributed by atoms with Crippen molar-refractivity contribution in [2.24, 2.45) is 5.73 Å². The van der Waals surface area contributed by atoms with Gasteiger partial charge in [-0.05, 0) is 53.9 Å². The van der Waals surface area contributed by atoms with Gasteiger partial charge >= 0.3 is 0 Å². The van der Waals surface area contributed by atoms with E-state index in [1.165, 1.54) is 0 Å². The number of benzene rings is 1. The number of hydrogen-bond donors (Lipinski definition) is 2. The number of carbonyl (C=O) groups excluding carboxylic acids is 1. The second-order valence-corrected chi connectivity index (χ2v) is 5.31. The standard InChI is InChI=1S/C12H16BrClN2O/c1-8(15)3-2-4-12(17)16-9-5-6-11(14)10(13)7-9/h5-8H,2-4,15H2,1H3,(H,16,17). The van der Waals surface area contributed by atoms with Crippen LogP contribution in [0.15, 0.2) is 22.7 Å². The number of nitrogens with one attached hydrogen (secondary N) is 1. The van der Waals surface area contributed by atoms with Crippen molar-refractivity contribution in [3.63, 3.8) is 0 Å². The molecule has 0 saturated heterocycles. The van der Waals surface area contributed by atoms with Crippen molar-refractivity contribution >= 4 is 39.1 Å². The topological polar surface area (TPSA) is 55.1 Å². The highest BCUT2D eigenvalue weighted by Gasteiger charge is 2.05. The van der Waals surface area contributed by atoms with E-state index >= 15 is 0 Å². The van der Waals surface area contributed by atoms with Crippen molar-refractivity contribution < 1.29 is 4.79 Å². The van der Waals surface area contributed by atoms with Gasteiger partial charge in [0.05, 0.1) is 5.02 Å². The monoisotopic (exact) mass is 318 g/mol. The lowest BCUT2D eigenvalue weighted by atomic mass is 10.1. The van der Waals surface area contributed by atoms with Crippen molar-refractivity contribution in [3.05, 3.63) is 27.7 Å². The molecule has 0 saturated carbocycles. The van der Waals surface area contributed by atoms with Crippen LogP contribution >= 0.6 is 27.5 Å². The second kappa shape index (κ2) is 6.99. The van der Waals surface area contributed by atoms with Crippen LogP contribution in [0.25, 0.3) is 0 Å². The zero-order valence-corrected chi connectivity index (χ0v) is 12.0. The fourth-order valence-corrected chi connectivity index (χ4v) is 1.88. The van der Waals surface area contributed by atoms with Gasteiger partial charge in [-0.1, -0.05) is 11.6 Å². The van der Waals surface area contributed by atoms with Crippen LogP contribution in [0.3, 0.4) is 0 Å². The first kappa shape index (κ1) is 14.5. The van der Waals surface area contributed by atoms with Gasteiger partial charge in [0.15, 0.2) is 0 Å². The molecular weight excluding hydrogens is 304 g/mol. The molecule has 0 aliphatic heterocycles. The summed E-state index contributed by atoms with van der Waals surface area (Å²) in [4.78, 5) is 11.6. The van der Waals surface area contributed by atoms with E-state index in [0.717, 1.165) is 23.0 Å². The lowest BCUT2D eigenvalue weighted by Crippen LogP contribution is -2.16. The number of rotatable bonds is 5. The molecule has 1 aromatic carbocycles. The number of nitrogens with two attached hydrogens (primary N) is 1. The summed E-state index contributed by atoms with van der Waals surface area (Å²) in [6, 6.07) is 5.44. The molecule has 94 valence electrons. The Morgan fingerprint density at radius 2 is 2.29 bits per heavy atom. The van der Waals surface area contributed by atoms with Crippen molar-refractivity contribution in [1.29, 1.82) is 0 Å². The van der Waals surface area contributed by atoms with Crippen LogP contribution in [0.5, 0.6) is 0 Å². The zero-order chi connectivity index (χ0) is 12.8. The Balaban J connectivity index is 2.42. The first-order chi connectivity index (χ1) is 7.99. The van der Waals surface area contributed by atoms with Gasteiger partial charge in [-0.3, -0.25) is 4.79 Å². The van der Waals surface area contributed by atoms with Crippen LogP contribution in [-0.4, -0.2) is 11.9 Å². The summed E-state index contributed by atoms with van der Waals surface area (Å²) in [5, 5.41) is 3.44. The summed E-state index contributed by atoms with van der Waals surface area (Å²) in [6.07, 6.45) is 2.15. The van der Waals surface area contributed by atoms with Crippen molar-refractivity contribution in [2.45, 2.75) is 32.2 Å². The molecule has 3 nitrogen and oxygen atoms in total. The van der Waals surface area contributed by atoms with Gasteiger partial charge in [0, 0.05) is 22.6 Å². The minimum absolute atomic E-state index is 0.000118. The highest BCUT2D eigenvalue weighted by molar-refractivity contribution is 9.10. The number of anilines is 1. The van der Waals surface area contributed by atoms with Crippen LogP contribution in [-0.2, 0) is 4.79 Å². The normalized spacial score (nSPS) is 12.2. The smallest absolute Gasteiger partial charge is 0.224 e. The van der Waals surface area contributed by atoms with Crippen LogP contribution < -0.4 is 11.1 Å². The Bertz CT molecular complexity index is 396. The molecule has 1 unspecified atom stereocenters. The van der Waals surface area contributed by atoms with Crippen molar-refractivity contribution in [2.75, 3.05) is 5.32 Å². The molecule has 5 heteroatoms. The third kappa shape index (κ3) is 5.52. The van der Waals surface area contributed by atoms with E-state index in [9.17, 15) is 4.79 Å². The minimum Gasteiger partial charge on any atom is -0.328 e. The van der Waals surface area contributed by atoms with Gasteiger partial charge in [0.2, 0.25) is 5.91 Å². The van der Waals surface area contributed by atoms with E-state index in [4.69, 9.17) is 17.3 Å². The molecule has 0 aliphatic carbocycles. The quantitative estimate of drug-likeness (QED) is 0.872. The predicted molar refractivity (Wildman–Crippen MR) is 75.3 cm³/mol. The molecule has 0 bridgehead atoms. The van der Waals surface area contributed by atoms with Crippen LogP contribution in [0, 0.1) is 0 Å². The van der Waals surface area contributed by atoms with Gasteiger partial charge in [0.25, 0.3) is 0 Å². The van der Waals surface area contributed by atoms with E-state index < -0.39 is 0 Å². The van der Waals surface area contributed by atoms with Gasteiger partial charge in [-0.25, -0.2) is 0 Å². The molecule has 0 heterocycles. The Morgan fingerprint density at radius 1 is 1.59 bits per heavy atom. The third-order valence-electron chi connectivity index (χ3n) is 2.27. The fraction of sp³-hybridized carbons (Fsp3) is 0.417. The predicted octanol–water partition coefficient (Wildman–Crippen LogP) is 3.56. The van der Waals surface area contributed by atoms with E-state index in [1.54, 1.807) is 18.2 Å². The largest absolute Gasteiger partial charge is 0.328 e. The lowest BCUT2D eigenvalue weighted by molar-refractivity contribution is -0.116. The number of amides is 1. The SMILES string of the molecule is CC(N)CCCC(=O)Nc1ccc(Cl)c(Br)c1. The zero-order valence-electron chi connectivity index (χ0n) is 9.67. The van der Waals surface area contributed by atoms with E-state index in [1.807, 2.05) is 6.92 Å². The Hall–Kier alpha value is -0.580. The first-order valence-corrected chi connectivity index (χ1v) is 6.66. The molecule has 3 N–H and O–H groups in total. The average molecular weight is 320 g/mol. The average Bonchev–Trinajstić information content (AvgIpc) is 2.23. The van der Waals surface area contributed by atoms with Gasteiger partial charge < -0.3 is 11.1 Å². The Kier molecular flexibility index (Phi) is 5.95.